The fraction of sp³-hybridized carbons (Fsp3) is 0.769. The van der Waals surface area contributed by atoms with Gasteiger partial charge in [-0.3, -0.25) is 9.69 Å². The summed E-state index contributed by atoms with van der Waals surface area (Å²) in [5.41, 5.74) is -0.454. The fourth-order valence-corrected chi connectivity index (χ4v) is 2.99. The molecule has 1 fully saturated rings. The van der Waals surface area contributed by atoms with E-state index in [2.05, 4.69) is 20.4 Å². The van der Waals surface area contributed by atoms with Gasteiger partial charge in [-0.1, -0.05) is 0 Å². The standard InChI is InChI=1S/C13H22N6O/c1-13(2,19-5-3-14-4-6-19)12(20)17-7-8-18-10-15-16-11(18)9-17/h10,14H,3-9H2,1-2H3. The molecule has 2 aliphatic heterocycles. The second-order valence-corrected chi connectivity index (χ2v) is 5.96. The molecule has 1 saturated heterocycles. The highest BCUT2D eigenvalue weighted by Gasteiger charge is 2.39. The van der Waals surface area contributed by atoms with Crippen LogP contribution < -0.4 is 5.32 Å². The molecule has 1 aromatic heterocycles. The molecule has 110 valence electrons. The van der Waals surface area contributed by atoms with E-state index in [9.17, 15) is 4.79 Å². The van der Waals surface area contributed by atoms with E-state index in [0.717, 1.165) is 45.1 Å². The number of carbonyl (C=O) groups is 1. The molecule has 1 N–H and O–H groups in total. The van der Waals surface area contributed by atoms with Gasteiger partial charge in [0.05, 0.1) is 12.1 Å². The molecule has 0 spiro atoms. The Bertz CT molecular complexity index is 491. The van der Waals surface area contributed by atoms with Crippen LogP contribution in [0.3, 0.4) is 0 Å². The minimum Gasteiger partial charge on any atom is -0.332 e. The van der Waals surface area contributed by atoms with Gasteiger partial charge in [0.2, 0.25) is 5.91 Å². The lowest BCUT2D eigenvalue weighted by atomic mass is 9.99. The lowest BCUT2D eigenvalue weighted by Gasteiger charge is -2.43. The lowest BCUT2D eigenvalue weighted by Crippen LogP contribution is -2.61. The van der Waals surface area contributed by atoms with Crippen LogP contribution in [0.4, 0.5) is 0 Å². The van der Waals surface area contributed by atoms with Crippen LogP contribution in [0.5, 0.6) is 0 Å². The van der Waals surface area contributed by atoms with Crippen LogP contribution in [-0.2, 0) is 17.9 Å². The molecule has 7 nitrogen and oxygen atoms in total. The Morgan fingerprint density at radius 3 is 2.75 bits per heavy atom. The van der Waals surface area contributed by atoms with Crippen LogP contribution in [-0.4, -0.2) is 68.7 Å². The van der Waals surface area contributed by atoms with Crippen molar-refractivity contribution in [2.24, 2.45) is 0 Å². The van der Waals surface area contributed by atoms with Gasteiger partial charge < -0.3 is 14.8 Å². The van der Waals surface area contributed by atoms with E-state index in [-0.39, 0.29) is 5.91 Å². The maximum Gasteiger partial charge on any atom is 0.242 e. The third-order valence-corrected chi connectivity index (χ3v) is 4.36. The van der Waals surface area contributed by atoms with Crippen molar-refractivity contribution in [2.45, 2.75) is 32.5 Å². The third-order valence-electron chi connectivity index (χ3n) is 4.36. The quantitative estimate of drug-likeness (QED) is 0.775. The second-order valence-electron chi connectivity index (χ2n) is 5.96. The Balaban J connectivity index is 1.72. The summed E-state index contributed by atoms with van der Waals surface area (Å²) < 4.78 is 2.02. The van der Waals surface area contributed by atoms with Crippen LogP contribution in [0.15, 0.2) is 6.33 Å². The molecule has 0 saturated carbocycles. The number of hydrogen-bond acceptors (Lipinski definition) is 5. The van der Waals surface area contributed by atoms with Gasteiger partial charge in [0.1, 0.15) is 6.33 Å². The Kier molecular flexibility index (Phi) is 3.47. The fourth-order valence-electron chi connectivity index (χ4n) is 2.99. The van der Waals surface area contributed by atoms with Crippen molar-refractivity contribution in [2.75, 3.05) is 32.7 Å². The van der Waals surface area contributed by atoms with E-state index in [1.54, 1.807) is 6.33 Å². The monoisotopic (exact) mass is 278 g/mol. The normalized spacial score (nSPS) is 20.8. The van der Waals surface area contributed by atoms with Crippen molar-refractivity contribution in [1.82, 2.24) is 29.9 Å². The first-order valence-corrected chi connectivity index (χ1v) is 7.21. The first kappa shape index (κ1) is 13.5. The van der Waals surface area contributed by atoms with Crippen LogP contribution in [0.25, 0.3) is 0 Å². The summed E-state index contributed by atoms with van der Waals surface area (Å²) in [4.78, 5) is 17.0. The predicted octanol–water partition coefficient (Wildman–Crippen LogP) is -0.696. The summed E-state index contributed by atoms with van der Waals surface area (Å²) in [5, 5.41) is 11.3. The van der Waals surface area contributed by atoms with Crippen LogP contribution >= 0.6 is 0 Å². The Labute approximate surface area is 118 Å². The van der Waals surface area contributed by atoms with Crippen molar-refractivity contribution in [3.8, 4) is 0 Å². The zero-order chi connectivity index (χ0) is 14.2. The SMILES string of the molecule is CC(C)(C(=O)N1CCn2cnnc2C1)N1CCNCC1. The van der Waals surface area contributed by atoms with Crippen molar-refractivity contribution in [3.63, 3.8) is 0 Å². The Morgan fingerprint density at radius 1 is 1.25 bits per heavy atom. The topological polar surface area (TPSA) is 66.3 Å². The van der Waals surface area contributed by atoms with Gasteiger partial charge in [0, 0.05) is 39.3 Å². The minimum absolute atomic E-state index is 0.189. The smallest absolute Gasteiger partial charge is 0.242 e. The number of aromatic nitrogens is 3. The van der Waals surface area contributed by atoms with Gasteiger partial charge >= 0.3 is 0 Å². The van der Waals surface area contributed by atoms with E-state index in [0.29, 0.717) is 6.54 Å². The number of piperazine rings is 1. The molecule has 7 heteroatoms. The summed E-state index contributed by atoms with van der Waals surface area (Å²) >= 11 is 0. The second kappa shape index (κ2) is 5.14. The van der Waals surface area contributed by atoms with E-state index >= 15 is 0 Å². The van der Waals surface area contributed by atoms with Gasteiger partial charge in [-0.05, 0) is 13.8 Å². The molecular formula is C13H22N6O. The molecule has 0 bridgehead atoms. The van der Waals surface area contributed by atoms with E-state index in [4.69, 9.17) is 0 Å². The number of fused-ring (bicyclic) bond motifs is 1. The molecule has 0 aromatic carbocycles. The largest absolute Gasteiger partial charge is 0.332 e. The Hall–Kier alpha value is -1.47. The molecule has 0 aliphatic carbocycles. The molecule has 2 aliphatic rings. The summed E-state index contributed by atoms with van der Waals surface area (Å²) in [7, 11) is 0. The lowest BCUT2D eigenvalue weighted by molar-refractivity contribution is -0.144. The highest BCUT2D eigenvalue weighted by atomic mass is 16.2. The van der Waals surface area contributed by atoms with Crippen molar-refractivity contribution in [3.05, 3.63) is 12.2 Å². The maximum absolute atomic E-state index is 12.9. The minimum atomic E-state index is -0.454. The zero-order valence-corrected chi connectivity index (χ0v) is 12.2. The highest BCUT2D eigenvalue weighted by Crippen LogP contribution is 2.21. The third kappa shape index (κ3) is 2.31. The van der Waals surface area contributed by atoms with Crippen LogP contribution in [0, 0.1) is 0 Å². The Morgan fingerprint density at radius 2 is 2.00 bits per heavy atom. The number of nitrogens with zero attached hydrogens (tertiary/aromatic N) is 5. The summed E-state index contributed by atoms with van der Waals surface area (Å²) in [5.74, 6) is 1.06. The average molecular weight is 278 g/mol. The number of amides is 1. The zero-order valence-electron chi connectivity index (χ0n) is 12.2. The number of hydrogen-bond donors (Lipinski definition) is 1. The number of nitrogens with one attached hydrogen (secondary N) is 1. The maximum atomic E-state index is 12.9. The van der Waals surface area contributed by atoms with Crippen LogP contribution in [0.2, 0.25) is 0 Å². The van der Waals surface area contributed by atoms with E-state index < -0.39 is 5.54 Å². The van der Waals surface area contributed by atoms with Crippen molar-refractivity contribution in [1.29, 1.82) is 0 Å². The molecule has 1 amide bonds. The van der Waals surface area contributed by atoms with Gasteiger partial charge in [-0.15, -0.1) is 10.2 Å². The van der Waals surface area contributed by atoms with Gasteiger partial charge in [-0.25, -0.2) is 0 Å². The highest BCUT2D eigenvalue weighted by molar-refractivity contribution is 5.85. The molecule has 3 rings (SSSR count). The van der Waals surface area contributed by atoms with Gasteiger partial charge in [0.15, 0.2) is 5.82 Å². The van der Waals surface area contributed by atoms with E-state index in [1.165, 1.54) is 0 Å². The number of rotatable bonds is 2. The molecule has 0 radical (unpaired) electrons. The van der Waals surface area contributed by atoms with Gasteiger partial charge in [-0.2, -0.15) is 0 Å². The predicted molar refractivity (Wildman–Crippen MR) is 74.0 cm³/mol. The summed E-state index contributed by atoms with van der Waals surface area (Å²) in [6, 6.07) is 0. The van der Waals surface area contributed by atoms with Gasteiger partial charge in [0.25, 0.3) is 0 Å². The molecule has 1 aromatic rings. The molecule has 0 atom stereocenters. The van der Waals surface area contributed by atoms with Crippen LogP contribution in [0.1, 0.15) is 19.7 Å². The first-order valence-electron chi connectivity index (χ1n) is 7.21. The number of carbonyl (C=O) groups excluding carboxylic acids is 1. The van der Waals surface area contributed by atoms with E-state index in [1.807, 2.05) is 23.3 Å². The molecule has 3 heterocycles. The molecule has 20 heavy (non-hydrogen) atoms. The average Bonchev–Trinajstić information content (AvgIpc) is 2.94. The molecular weight excluding hydrogens is 256 g/mol. The molecule has 0 unspecified atom stereocenters. The summed E-state index contributed by atoms with van der Waals surface area (Å²) in [6.45, 7) is 9.88. The summed E-state index contributed by atoms with van der Waals surface area (Å²) in [6.07, 6.45) is 1.73. The van der Waals surface area contributed by atoms with Crippen molar-refractivity contribution >= 4 is 5.91 Å². The first-order chi connectivity index (χ1) is 9.59. The van der Waals surface area contributed by atoms with Crippen molar-refractivity contribution < 1.29 is 4.79 Å².